The minimum atomic E-state index is -1.00. The lowest BCUT2D eigenvalue weighted by atomic mass is 10.6. The summed E-state index contributed by atoms with van der Waals surface area (Å²) in [5, 5.41) is 0. The van der Waals surface area contributed by atoms with E-state index in [1.54, 1.807) is 0 Å². The van der Waals surface area contributed by atoms with Gasteiger partial charge in [-0.2, -0.15) is 0 Å². The molecular weight excluding hydrogens is 124 g/mol. The fourth-order valence-corrected chi connectivity index (χ4v) is 2.98. The zero-order valence-electron chi connectivity index (χ0n) is 6.70. The largest absolute Gasteiger partial charge is 0.137 e. The van der Waals surface area contributed by atoms with Gasteiger partial charge in [0.25, 0.3) is 0 Å². The second kappa shape index (κ2) is 3.70. The fraction of sp³-hybridized carbons (Fsp3) is 0.625. The van der Waals surface area contributed by atoms with Gasteiger partial charge in [-0.05, 0) is 0 Å². The van der Waals surface area contributed by atoms with Crippen molar-refractivity contribution in [2.45, 2.75) is 32.5 Å². The Kier molecular flexibility index (Phi) is 3.60. The lowest BCUT2D eigenvalue weighted by molar-refractivity contribution is 1.05. The molecule has 0 radical (unpaired) electrons. The van der Waals surface area contributed by atoms with E-state index in [-0.39, 0.29) is 0 Å². The van der Waals surface area contributed by atoms with Gasteiger partial charge in [0.1, 0.15) is 0 Å². The molecule has 0 aliphatic heterocycles. The molecule has 0 aromatic heterocycles. The van der Waals surface area contributed by atoms with Crippen molar-refractivity contribution >= 4 is 8.07 Å². The minimum Gasteiger partial charge on any atom is -0.137 e. The summed E-state index contributed by atoms with van der Waals surface area (Å²) in [7, 11) is -1.00. The van der Waals surface area contributed by atoms with Crippen molar-refractivity contribution < 1.29 is 0 Å². The highest BCUT2D eigenvalue weighted by atomic mass is 28.3. The van der Waals surface area contributed by atoms with Crippen molar-refractivity contribution in [1.29, 1.82) is 0 Å². The molecule has 0 aromatic carbocycles. The van der Waals surface area contributed by atoms with Gasteiger partial charge < -0.3 is 0 Å². The van der Waals surface area contributed by atoms with E-state index in [2.05, 4.69) is 38.0 Å². The first kappa shape index (κ1) is 8.74. The van der Waals surface area contributed by atoms with Crippen LogP contribution in [0.2, 0.25) is 19.1 Å². The highest BCUT2D eigenvalue weighted by molar-refractivity contribution is 6.82. The Hall–Kier alpha value is -0.263. The minimum absolute atomic E-state index is 1.00. The van der Waals surface area contributed by atoms with Gasteiger partial charge in [0, 0.05) is 0 Å². The molecule has 0 unspecified atom stereocenters. The number of rotatable bonds is 3. The SMILES string of the molecule is C=C=C[Si](C)(C)CCC. The topological polar surface area (TPSA) is 0 Å². The molecule has 0 bridgehead atoms. The highest BCUT2D eigenvalue weighted by Gasteiger charge is 2.13. The monoisotopic (exact) mass is 140 g/mol. The van der Waals surface area contributed by atoms with Crippen LogP contribution >= 0.6 is 0 Å². The van der Waals surface area contributed by atoms with Gasteiger partial charge in [-0.15, -0.1) is 5.73 Å². The number of hydrogen-bond acceptors (Lipinski definition) is 0. The predicted molar refractivity (Wildman–Crippen MR) is 46.3 cm³/mol. The summed E-state index contributed by atoms with van der Waals surface area (Å²) in [4.78, 5) is 0. The summed E-state index contributed by atoms with van der Waals surface area (Å²) in [5.74, 6) is 0. The third kappa shape index (κ3) is 4.25. The van der Waals surface area contributed by atoms with Gasteiger partial charge in [-0.1, -0.05) is 44.8 Å². The summed E-state index contributed by atoms with van der Waals surface area (Å²) in [5.41, 5.74) is 5.06. The molecule has 0 heterocycles. The summed E-state index contributed by atoms with van der Waals surface area (Å²) in [6.07, 6.45) is 1.29. The van der Waals surface area contributed by atoms with E-state index < -0.39 is 8.07 Å². The Morgan fingerprint density at radius 1 is 1.56 bits per heavy atom. The first-order valence-electron chi connectivity index (χ1n) is 3.49. The van der Waals surface area contributed by atoms with Gasteiger partial charge in [0.15, 0.2) is 0 Å². The van der Waals surface area contributed by atoms with Crippen LogP contribution in [0.25, 0.3) is 0 Å². The highest BCUT2D eigenvalue weighted by Crippen LogP contribution is 2.11. The van der Waals surface area contributed by atoms with Crippen LogP contribution in [-0.2, 0) is 0 Å². The molecule has 0 rings (SSSR count). The van der Waals surface area contributed by atoms with Crippen molar-refractivity contribution in [2.24, 2.45) is 0 Å². The lowest BCUT2D eigenvalue weighted by Gasteiger charge is -2.13. The molecule has 0 spiro atoms. The zero-order valence-corrected chi connectivity index (χ0v) is 7.70. The third-order valence-corrected chi connectivity index (χ3v) is 4.16. The molecule has 0 aliphatic rings. The van der Waals surface area contributed by atoms with Crippen LogP contribution in [0, 0.1) is 0 Å². The van der Waals surface area contributed by atoms with E-state index in [9.17, 15) is 0 Å². The van der Waals surface area contributed by atoms with Crippen LogP contribution in [0.4, 0.5) is 0 Å². The summed E-state index contributed by atoms with van der Waals surface area (Å²) in [6.45, 7) is 10.5. The maximum Gasteiger partial charge on any atom is 0.0811 e. The fourth-order valence-electron chi connectivity index (χ4n) is 0.993. The van der Waals surface area contributed by atoms with E-state index in [1.807, 2.05) is 0 Å². The van der Waals surface area contributed by atoms with Gasteiger partial charge in [0.2, 0.25) is 0 Å². The summed E-state index contributed by atoms with van der Waals surface area (Å²) >= 11 is 0. The van der Waals surface area contributed by atoms with E-state index in [0.717, 1.165) is 0 Å². The lowest BCUT2D eigenvalue weighted by Crippen LogP contribution is -2.20. The van der Waals surface area contributed by atoms with Crippen LogP contribution < -0.4 is 0 Å². The quantitative estimate of drug-likeness (QED) is 0.417. The predicted octanol–water partition coefficient (Wildman–Crippen LogP) is 2.99. The van der Waals surface area contributed by atoms with Crippen LogP contribution in [0.1, 0.15) is 13.3 Å². The molecule has 0 amide bonds. The maximum atomic E-state index is 3.58. The molecule has 0 atom stereocenters. The van der Waals surface area contributed by atoms with Crippen molar-refractivity contribution in [3.63, 3.8) is 0 Å². The Balaban J connectivity index is 3.85. The molecule has 52 valence electrons. The summed E-state index contributed by atoms with van der Waals surface area (Å²) < 4.78 is 0. The molecule has 0 N–H and O–H groups in total. The zero-order chi connectivity index (χ0) is 7.33. The second-order valence-corrected chi connectivity index (χ2v) is 7.85. The van der Waals surface area contributed by atoms with Gasteiger partial charge in [0.05, 0.1) is 8.07 Å². The number of hydrogen-bond donors (Lipinski definition) is 0. The van der Waals surface area contributed by atoms with Crippen LogP contribution in [0.15, 0.2) is 18.0 Å². The third-order valence-electron chi connectivity index (χ3n) is 1.39. The van der Waals surface area contributed by atoms with Crippen molar-refractivity contribution in [1.82, 2.24) is 0 Å². The van der Waals surface area contributed by atoms with Crippen LogP contribution in [-0.4, -0.2) is 8.07 Å². The van der Waals surface area contributed by atoms with E-state index in [1.165, 1.54) is 12.5 Å². The first-order valence-corrected chi connectivity index (χ1v) is 6.78. The van der Waals surface area contributed by atoms with Crippen molar-refractivity contribution in [3.8, 4) is 0 Å². The van der Waals surface area contributed by atoms with Crippen LogP contribution in [0.5, 0.6) is 0 Å². The van der Waals surface area contributed by atoms with Crippen LogP contribution in [0.3, 0.4) is 0 Å². The Labute approximate surface area is 59.3 Å². The first-order chi connectivity index (χ1) is 4.12. The average molecular weight is 140 g/mol. The Bertz CT molecular complexity index is 119. The molecule has 1 heteroatoms. The maximum absolute atomic E-state index is 3.58. The van der Waals surface area contributed by atoms with E-state index >= 15 is 0 Å². The molecule has 0 nitrogen and oxygen atoms in total. The van der Waals surface area contributed by atoms with E-state index in [4.69, 9.17) is 0 Å². The van der Waals surface area contributed by atoms with Crippen molar-refractivity contribution in [2.75, 3.05) is 0 Å². The molecule has 0 saturated carbocycles. The molecule has 0 saturated heterocycles. The Morgan fingerprint density at radius 2 is 2.11 bits per heavy atom. The standard InChI is InChI=1S/C8H16Si/c1-5-7-9(3,4)8-6-2/h7H,1,6,8H2,2-4H3. The summed E-state index contributed by atoms with van der Waals surface area (Å²) in [6, 6.07) is 1.36. The smallest absolute Gasteiger partial charge is 0.0811 e. The molecule has 0 fully saturated rings. The van der Waals surface area contributed by atoms with Crippen molar-refractivity contribution in [3.05, 3.63) is 18.0 Å². The van der Waals surface area contributed by atoms with E-state index in [0.29, 0.717) is 0 Å². The average Bonchev–Trinajstić information content (AvgIpc) is 1.64. The second-order valence-electron chi connectivity index (χ2n) is 3.09. The molecule has 0 aliphatic carbocycles. The normalized spacial score (nSPS) is 10.6. The van der Waals surface area contributed by atoms with Gasteiger partial charge in [-0.3, -0.25) is 0 Å². The van der Waals surface area contributed by atoms with Gasteiger partial charge >= 0.3 is 0 Å². The molecule has 9 heavy (non-hydrogen) atoms. The molecule has 0 aromatic rings. The molecular formula is C8H16Si. The Morgan fingerprint density at radius 3 is 2.44 bits per heavy atom. The van der Waals surface area contributed by atoms with Gasteiger partial charge in [-0.25, -0.2) is 0 Å².